The van der Waals surface area contributed by atoms with Crippen molar-refractivity contribution in [3.05, 3.63) is 42.3 Å². The average molecular weight is 207 g/mol. The van der Waals surface area contributed by atoms with Crippen molar-refractivity contribution in [2.24, 2.45) is 0 Å². The SMILES string of the molecule is [CH]c1ccc(C(Cl)(Cl)Cl)cc1. The molecule has 0 heterocycles. The highest BCUT2D eigenvalue weighted by atomic mass is 35.6. The van der Waals surface area contributed by atoms with Crippen LogP contribution in [0.4, 0.5) is 0 Å². The molecule has 0 fully saturated rings. The van der Waals surface area contributed by atoms with Crippen molar-refractivity contribution in [2.75, 3.05) is 0 Å². The van der Waals surface area contributed by atoms with E-state index >= 15 is 0 Å². The number of hydrogen-bond acceptors (Lipinski definition) is 0. The van der Waals surface area contributed by atoms with Gasteiger partial charge in [0.2, 0.25) is 3.79 Å². The van der Waals surface area contributed by atoms with Crippen LogP contribution in [0.25, 0.3) is 0 Å². The summed E-state index contributed by atoms with van der Waals surface area (Å²) in [5.41, 5.74) is 1.28. The van der Waals surface area contributed by atoms with Crippen LogP contribution in [0.2, 0.25) is 0 Å². The molecule has 0 aliphatic carbocycles. The molecule has 0 nitrogen and oxygen atoms in total. The molecule has 1 rings (SSSR count). The molecular formula is C8H5Cl3. The van der Waals surface area contributed by atoms with Gasteiger partial charge in [0.15, 0.2) is 0 Å². The van der Waals surface area contributed by atoms with Crippen LogP contribution in [0, 0.1) is 6.92 Å². The molecular weight excluding hydrogens is 202 g/mol. The van der Waals surface area contributed by atoms with Crippen molar-refractivity contribution in [3.8, 4) is 0 Å². The predicted molar refractivity (Wildman–Crippen MR) is 49.1 cm³/mol. The number of alkyl halides is 3. The summed E-state index contributed by atoms with van der Waals surface area (Å²) in [7, 11) is 0. The van der Waals surface area contributed by atoms with Gasteiger partial charge < -0.3 is 0 Å². The quantitative estimate of drug-likeness (QED) is 0.571. The first-order chi connectivity index (χ1) is 5.00. The van der Waals surface area contributed by atoms with Crippen molar-refractivity contribution in [3.63, 3.8) is 0 Å². The van der Waals surface area contributed by atoms with Crippen LogP contribution >= 0.6 is 34.8 Å². The summed E-state index contributed by atoms with van der Waals surface area (Å²) in [5, 5.41) is 0. The van der Waals surface area contributed by atoms with E-state index in [1.54, 1.807) is 24.3 Å². The zero-order valence-corrected chi connectivity index (χ0v) is 7.79. The lowest BCUT2D eigenvalue weighted by atomic mass is 10.2. The number of hydrogen-bond donors (Lipinski definition) is 0. The summed E-state index contributed by atoms with van der Waals surface area (Å²) in [4.78, 5) is 0. The molecule has 0 aliphatic rings. The average Bonchev–Trinajstić information content (AvgIpc) is 1.86. The second-order valence-electron chi connectivity index (χ2n) is 2.12. The van der Waals surface area contributed by atoms with Crippen molar-refractivity contribution in [1.29, 1.82) is 0 Å². The highest BCUT2D eigenvalue weighted by Crippen LogP contribution is 2.37. The highest BCUT2D eigenvalue weighted by Gasteiger charge is 2.21. The molecule has 0 aliphatic heterocycles. The zero-order chi connectivity index (χ0) is 8.48. The lowest BCUT2D eigenvalue weighted by Gasteiger charge is -2.10. The lowest BCUT2D eigenvalue weighted by Crippen LogP contribution is -1.98. The minimum Gasteiger partial charge on any atom is -0.0784 e. The fourth-order valence-corrected chi connectivity index (χ4v) is 1.05. The molecule has 1 aromatic rings. The van der Waals surface area contributed by atoms with Gasteiger partial charge in [-0.15, -0.1) is 0 Å². The fourth-order valence-electron chi connectivity index (χ4n) is 0.672. The van der Waals surface area contributed by atoms with E-state index in [0.717, 1.165) is 0 Å². The molecule has 0 saturated heterocycles. The van der Waals surface area contributed by atoms with Gasteiger partial charge in [-0.25, -0.2) is 0 Å². The van der Waals surface area contributed by atoms with Gasteiger partial charge >= 0.3 is 0 Å². The fraction of sp³-hybridized carbons (Fsp3) is 0.125. The van der Waals surface area contributed by atoms with Crippen LogP contribution in [0.1, 0.15) is 11.1 Å². The van der Waals surface area contributed by atoms with Crippen LogP contribution in [-0.2, 0) is 3.79 Å². The molecule has 0 aromatic heterocycles. The molecule has 1 aromatic carbocycles. The van der Waals surface area contributed by atoms with E-state index in [0.29, 0.717) is 11.1 Å². The monoisotopic (exact) mass is 206 g/mol. The van der Waals surface area contributed by atoms with E-state index in [1.807, 2.05) is 0 Å². The van der Waals surface area contributed by atoms with Crippen LogP contribution in [-0.4, -0.2) is 0 Å². The Labute approximate surface area is 81.1 Å². The Hall–Kier alpha value is 0.0900. The Kier molecular flexibility index (Phi) is 2.69. The van der Waals surface area contributed by atoms with Crippen molar-refractivity contribution >= 4 is 34.8 Å². The van der Waals surface area contributed by atoms with Gasteiger partial charge in [-0.05, 0) is 12.5 Å². The number of benzene rings is 1. The van der Waals surface area contributed by atoms with Gasteiger partial charge in [-0.3, -0.25) is 0 Å². The van der Waals surface area contributed by atoms with Crippen molar-refractivity contribution < 1.29 is 0 Å². The summed E-state index contributed by atoms with van der Waals surface area (Å²) >= 11 is 16.8. The molecule has 0 N–H and O–H groups in total. The standard InChI is InChI=1S/C8H5Cl3/c1-6-2-4-7(5-3-6)8(9,10)11/h1-5H. The van der Waals surface area contributed by atoms with Gasteiger partial charge in [0.1, 0.15) is 0 Å². The first-order valence-electron chi connectivity index (χ1n) is 2.93. The van der Waals surface area contributed by atoms with Gasteiger partial charge in [0, 0.05) is 5.56 Å². The van der Waals surface area contributed by atoms with Crippen molar-refractivity contribution in [2.45, 2.75) is 3.79 Å². The third-order valence-corrected chi connectivity index (χ3v) is 1.89. The maximum absolute atomic E-state index is 5.60. The second-order valence-corrected chi connectivity index (χ2v) is 4.40. The Morgan fingerprint density at radius 1 is 1.00 bits per heavy atom. The van der Waals surface area contributed by atoms with E-state index < -0.39 is 3.79 Å². The Morgan fingerprint density at radius 2 is 1.45 bits per heavy atom. The van der Waals surface area contributed by atoms with Crippen LogP contribution < -0.4 is 0 Å². The third-order valence-electron chi connectivity index (χ3n) is 1.24. The van der Waals surface area contributed by atoms with Gasteiger partial charge in [-0.1, -0.05) is 59.1 Å². The summed E-state index contributed by atoms with van der Waals surface area (Å²) in [6.45, 7) is 5.44. The van der Waals surface area contributed by atoms with E-state index in [9.17, 15) is 0 Å². The lowest BCUT2D eigenvalue weighted by molar-refractivity contribution is 1.24. The highest BCUT2D eigenvalue weighted by molar-refractivity contribution is 6.66. The first-order valence-corrected chi connectivity index (χ1v) is 4.06. The second kappa shape index (κ2) is 3.22. The van der Waals surface area contributed by atoms with E-state index in [4.69, 9.17) is 41.7 Å². The normalized spacial score (nSPS) is 11.6. The summed E-state index contributed by atoms with van der Waals surface area (Å²) in [5.74, 6) is 0. The van der Waals surface area contributed by atoms with Gasteiger partial charge in [0.05, 0.1) is 0 Å². The minimum absolute atomic E-state index is 0.622. The Morgan fingerprint density at radius 3 is 1.82 bits per heavy atom. The topological polar surface area (TPSA) is 0 Å². The number of rotatable bonds is 0. The summed E-state index contributed by atoms with van der Waals surface area (Å²) in [6.07, 6.45) is 0. The number of halogens is 3. The third kappa shape index (κ3) is 2.55. The predicted octanol–water partition coefficient (Wildman–Crippen LogP) is 3.57. The van der Waals surface area contributed by atoms with Gasteiger partial charge in [-0.2, -0.15) is 0 Å². The van der Waals surface area contributed by atoms with Crippen molar-refractivity contribution in [1.82, 2.24) is 0 Å². The zero-order valence-electron chi connectivity index (χ0n) is 5.52. The largest absolute Gasteiger partial charge is 0.216 e. The molecule has 2 radical (unpaired) electrons. The molecule has 0 unspecified atom stereocenters. The Bertz CT molecular complexity index is 233. The Balaban J connectivity index is 2.99. The molecule has 11 heavy (non-hydrogen) atoms. The maximum atomic E-state index is 5.60. The molecule has 0 amide bonds. The van der Waals surface area contributed by atoms with Crippen LogP contribution in [0.5, 0.6) is 0 Å². The van der Waals surface area contributed by atoms with E-state index in [2.05, 4.69) is 0 Å². The maximum Gasteiger partial charge on any atom is 0.216 e. The summed E-state index contributed by atoms with van der Waals surface area (Å²) < 4.78 is -1.35. The smallest absolute Gasteiger partial charge is 0.0784 e. The van der Waals surface area contributed by atoms with E-state index in [1.165, 1.54) is 0 Å². The van der Waals surface area contributed by atoms with E-state index in [-0.39, 0.29) is 0 Å². The first kappa shape index (κ1) is 9.18. The minimum atomic E-state index is -1.35. The molecule has 0 bridgehead atoms. The molecule has 0 saturated carbocycles. The molecule has 0 atom stereocenters. The van der Waals surface area contributed by atoms with Crippen LogP contribution in [0.3, 0.4) is 0 Å². The molecule has 0 spiro atoms. The summed E-state index contributed by atoms with van der Waals surface area (Å²) in [6, 6.07) is 6.75. The van der Waals surface area contributed by atoms with Gasteiger partial charge in [0.25, 0.3) is 0 Å². The molecule has 58 valence electrons. The molecule has 3 heteroatoms. The van der Waals surface area contributed by atoms with Crippen LogP contribution in [0.15, 0.2) is 24.3 Å².